The lowest BCUT2D eigenvalue weighted by Crippen LogP contribution is -2.37. The fourth-order valence-corrected chi connectivity index (χ4v) is 3.74. The summed E-state index contributed by atoms with van der Waals surface area (Å²) in [5.74, 6) is -0.276. The van der Waals surface area contributed by atoms with Crippen LogP contribution in [0.3, 0.4) is 0 Å². The maximum Gasteiger partial charge on any atom is 0.324 e. The number of ether oxygens (including phenoxy) is 2. The molecule has 9 heteroatoms. The molecule has 1 atom stereocenters. The lowest BCUT2D eigenvalue weighted by atomic mass is 10.2. The number of sulfonamides is 1. The molecule has 2 aromatic rings. The minimum atomic E-state index is -3.86. The summed E-state index contributed by atoms with van der Waals surface area (Å²) >= 11 is 0. The summed E-state index contributed by atoms with van der Waals surface area (Å²) in [4.78, 5) is 23.6. The Hall–Kier alpha value is -2.91. The number of anilines is 1. The van der Waals surface area contributed by atoms with Gasteiger partial charge in [-0.05, 0) is 48.5 Å². The van der Waals surface area contributed by atoms with Gasteiger partial charge in [-0.2, -0.15) is 4.72 Å². The fraction of sp³-hybridized carbons (Fsp3) is 0.222. The van der Waals surface area contributed by atoms with Crippen LogP contribution in [0.2, 0.25) is 0 Å². The van der Waals surface area contributed by atoms with E-state index in [4.69, 9.17) is 9.47 Å². The number of carbonyl (C=O) groups is 2. The molecular formula is C18H18N2O6S. The van der Waals surface area contributed by atoms with E-state index in [2.05, 4.69) is 10.0 Å². The molecule has 8 nitrogen and oxygen atoms in total. The molecule has 3 rings (SSSR count). The third-order valence-electron chi connectivity index (χ3n) is 4.01. The highest BCUT2D eigenvalue weighted by Gasteiger charge is 2.31. The van der Waals surface area contributed by atoms with Gasteiger partial charge in [0.25, 0.3) is 5.91 Å². The van der Waals surface area contributed by atoms with Crippen LogP contribution in [0.1, 0.15) is 16.8 Å². The quantitative estimate of drug-likeness (QED) is 0.724. The topological polar surface area (TPSA) is 111 Å². The van der Waals surface area contributed by atoms with Gasteiger partial charge in [-0.15, -0.1) is 0 Å². The number of methoxy groups -OCH3 is 1. The predicted octanol–water partition coefficient (Wildman–Crippen LogP) is 1.54. The second-order valence-electron chi connectivity index (χ2n) is 5.84. The van der Waals surface area contributed by atoms with Crippen LogP contribution in [-0.4, -0.2) is 40.1 Å². The van der Waals surface area contributed by atoms with E-state index in [1.807, 2.05) is 0 Å². The molecule has 2 N–H and O–H groups in total. The molecule has 1 amide bonds. The monoisotopic (exact) mass is 390 g/mol. The summed E-state index contributed by atoms with van der Waals surface area (Å²) in [7, 11) is -2.32. The molecule has 1 heterocycles. The normalized spacial score (nSPS) is 16.6. The summed E-state index contributed by atoms with van der Waals surface area (Å²) in [6.45, 7) is 0.197. The van der Waals surface area contributed by atoms with Gasteiger partial charge in [0, 0.05) is 17.7 Å². The van der Waals surface area contributed by atoms with Gasteiger partial charge in [0.1, 0.15) is 11.8 Å². The van der Waals surface area contributed by atoms with Gasteiger partial charge < -0.3 is 14.8 Å². The Balaban J connectivity index is 1.67. The highest BCUT2D eigenvalue weighted by Crippen LogP contribution is 2.18. The Bertz CT molecular complexity index is 939. The first-order valence-electron chi connectivity index (χ1n) is 8.13. The Morgan fingerprint density at radius 2 is 1.78 bits per heavy atom. The van der Waals surface area contributed by atoms with Gasteiger partial charge in [0.15, 0.2) is 0 Å². The maximum atomic E-state index is 12.3. The van der Waals surface area contributed by atoms with E-state index >= 15 is 0 Å². The van der Waals surface area contributed by atoms with E-state index in [1.54, 1.807) is 24.3 Å². The number of benzene rings is 2. The summed E-state index contributed by atoms with van der Waals surface area (Å²) in [6.07, 6.45) is 0.300. The zero-order chi connectivity index (χ0) is 19.4. The standard InChI is InChI=1S/C18H18N2O6S/c1-25-14-6-2-12(3-7-14)17(21)19-13-4-8-15(9-5-13)27(23,24)20-16-10-11-26-18(16)22/h2-9,16,20H,10-11H2,1H3,(H,19,21). The first-order valence-corrected chi connectivity index (χ1v) is 9.62. The second-order valence-corrected chi connectivity index (χ2v) is 7.55. The number of amides is 1. The van der Waals surface area contributed by atoms with E-state index < -0.39 is 22.0 Å². The number of rotatable bonds is 6. The number of carbonyl (C=O) groups excluding carboxylic acids is 2. The van der Waals surface area contributed by atoms with Crippen LogP contribution in [-0.2, 0) is 19.6 Å². The van der Waals surface area contributed by atoms with Crippen molar-refractivity contribution < 1.29 is 27.5 Å². The number of esters is 1. The van der Waals surface area contributed by atoms with Gasteiger partial charge in [0.05, 0.1) is 18.6 Å². The van der Waals surface area contributed by atoms with Crippen LogP contribution >= 0.6 is 0 Å². The average Bonchev–Trinajstić information content (AvgIpc) is 3.06. The molecule has 1 fully saturated rings. The molecule has 142 valence electrons. The molecule has 0 saturated carbocycles. The molecule has 0 spiro atoms. The van der Waals surface area contributed by atoms with Crippen LogP contribution in [0.5, 0.6) is 5.75 Å². The molecule has 1 aliphatic rings. The van der Waals surface area contributed by atoms with Crippen molar-refractivity contribution in [3.8, 4) is 5.75 Å². The van der Waals surface area contributed by atoms with E-state index in [9.17, 15) is 18.0 Å². The SMILES string of the molecule is COc1ccc(C(=O)Nc2ccc(S(=O)(=O)NC3CCOC3=O)cc2)cc1. The summed E-state index contributed by atoms with van der Waals surface area (Å²) in [5, 5.41) is 2.69. The zero-order valence-electron chi connectivity index (χ0n) is 14.5. The average molecular weight is 390 g/mol. The summed E-state index contributed by atoms with van der Waals surface area (Å²) in [6, 6.07) is 11.4. The van der Waals surface area contributed by atoms with Crippen molar-refractivity contribution in [2.45, 2.75) is 17.4 Å². The molecular weight excluding hydrogens is 372 g/mol. The predicted molar refractivity (Wildman–Crippen MR) is 97.1 cm³/mol. The van der Waals surface area contributed by atoms with Crippen LogP contribution in [0.4, 0.5) is 5.69 Å². The lowest BCUT2D eigenvalue weighted by molar-refractivity contribution is -0.139. The van der Waals surface area contributed by atoms with E-state index in [-0.39, 0.29) is 17.4 Å². The van der Waals surface area contributed by atoms with Gasteiger partial charge in [-0.3, -0.25) is 9.59 Å². The number of hydrogen-bond acceptors (Lipinski definition) is 6. The Morgan fingerprint density at radius 3 is 2.33 bits per heavy atom. The Kier molecular flexibility index (Phi) is 5.43. The minimum absolute atomic E-state index is 0.00959. The van der Waals surface area contributed by atoms with Crippen LogP contribution in [0.15, 0.2) is 53.4 Å². The number of nitrogens with one attached hydrogen (secondary N) is 2. The number of hydrogen-bond donors (Lipinski definition) is 2. The zero-order valence-corrected chi connectivity index (χ0v) is 15.3. The van der Waals surface area contributed by atoms with Gasteiger partial charge >= 0.3 is 5.97 Å². The second kappa shape index (κ2) is 7.77. The highest BCUT2D eigenvalue weighted by molar-refractivity contribution is 7.89. The molecule has 1 saturated heterocycles. The van der Waals surface area contributed by atoms with E-state index in [0.717, 1.165) is 0 Å². The van der Waals surface area contributed by atoms with Crippen molar-refractivity contribution >= 4 is 27.6 Å². The van der Waals surface area contributed by atoms with Gasteiger partial charge in [0.2, 0.25) is 10.0 Å². The van der Waals surface area contributed by atoms with Crippen LogP contribution in [0.25, 0.3) is 0 Å². The van der Waals surface area contributed by atoms with Crippen molar-refractivity contribution in [3.05, 3.63) is 54.1 Å². The first-order chi connectivity index (χ1) is 12.9. The maximum absolute atomic E-state index is 12.3. The molecule has 27 heavy (non-hydrogen) atoms. The van der Waals surface area contributed by atoms with Crippen molar-refractivity contribution in [3.63, 3.8) is 0 Å². The van der Waals surface area contributed by atoms with Crippen molar-refractivity contribution in [1.29, 1.82) is 0 Å². The molecule has 0 aromatic heterocycles. The molecule has 2 aromatic carbocycles. The first kappa shape index (κ1) is 18.9. The Morgan fingerprint density at radius 1 is 1.11 bits per heavy atom. The minimum Gasteiger partial charge on any atom is -0.497 e. The fourth-order valence-electron chi connectivity index (χ4n) is 2.52. The molecule has 0 radical (unpaired) electrons. The third kappa shape index (κ3) is 4.44. The highest BCUT2D eigenvalue weighted by atomic mass is 32.2. The summed E-state index contributed by atoms with van der Waals surface area (Å²) < 4.78 is 36.8. The van der Waals surface area contributed by atoms with Crippen molar-refractivity contribution in [1.82, 2.24) is 4.72 Å². The molecule has 1 unspecified atom stereocenters. The van der Waals surface area contributed by atoms with Crippen LogP contribution in [0, 0.1) is 0 Å². The van der Waals surface area contributed by atoms with Crippen molar-refractivity contribution in [2.75, 3.05) is 19.0 Å². The van der Waals surface area contributed by atoms with Crippen LogP contribution < -0.4 is 14.8 Å². The molecule has 0 aliphatic carbocycles. The Labute approximate surface area is 156 Å². The van der Waals surface area contributed by atoms with Gasteiger partial charge in [-0.25, -0.2) is 8.42 Å². The van der Waals surface area contributed by atoms with E-state index in [0.29, 0.717) is 23.4 Å². The third-order valence-corrected chi connectivity index (χ3v) is 5.50. The number of cyclic esters (lactones) is 1. The lowest BCUT2D eigenvalue weighted by Gasteiger charge is -2.11. The van der Waals surface area contributed by atoms with E-state index in [1.165, 1.54) is 31.4 Å². The molecule has 0 bridgehead atoms. The van der Waals surface area contributed by atoms with Crippen molar-refractivity contribution in [2.24, 2.45) is 0 Å². The summed E-state index contributed by atoms with van der Waals surface area (Å²) in [5.41, 5.74) is 0.879. The molecule has 1 aliphatic heterocycles. The largest absolute Gasteiger partial charge is 0.497 e. The van der Waals surface area contributed by atoms with Gasteiger partial charge in [-0.1, -0.05) is 0 Å². The smallest absolute Gasteiger partial charge is 0.324 e.